The average molecular weight is 526 g/mol. The molecule has 2 atom stereocenters. The Labute approximate surface area is 222 Å². The third kappa shape index (κ3) is 6.94. The van der Waals surface area contributed by atoms with Crippen molar-refractivity contribution in [2.75, 3.05) is 26.2 Å². The maximum atomic E-state index is 13.0. The number of hydrogen-bond donors (Lipinski definition) is 2. The van der Waals surface area contributed by atoms with Crippen LogP contribution >= 0.6 is 11.3 Å². The number of rotatable bonds is 7. The molecule has 2 N–H and O–H groups in total. The fourth-order valence-corrected chi connectivity index (χ4v) is 6.16. The van der Waals surface area contributed by atoms with Crippen molar-refractivity contribution in [3.63, 3.8) is 0 Å². The molecule has 2 aromatic rings. The fraction of sp³-hybridized carbons (Fsp3) is 0.464. The molecule has 36 heavy (non-hydrogen) atoms. The summed E-state index contributed by atoms with van der Waals surface area (Å²) in [5.74, 6) is 0. The molecule has 1 saturated heterocycles. The Morgan fingerprint density at radius 1 is 1.14 bits per heavy atom. The van der Waals surface area contributed by atoms with Crippen LogP contribution in [0.5, 0.6) is 0 Å². The van der Waals surface area contributed by atoms with Crippen LogP contribution in [0.25, 0.3) is 0 Å². The number of nitrogens with zero attached hydrogens (tertiary/aromatic N) is 3. The fourth-order valence-electron chi connectivity index (χ4n) is 4.31. The van der Waals surface area contributed by atoms with Gasteiger partial charge in [-0.25, -0.2) is 4.21 Å². The van der Waals surface area contributed by atoms with Gasteiger partial charge in [0.05, 0.1) is 10.9 Å². The van der Waals surface area contributed by atoms with Crippen molar-refractivity contribution < 1.29 is 4.21 Å². The van der Waals surface area contributed by atoms with Crippen LogP contribution < -0.4 is 14.8 Å². The lowest BCUT2D eigenvalue weighted by atomic mass is 9.87. The van der Waals surface area contributed by atoms with Crippen LogP contribution in [0.1, 0.15) is 45.4 Å². The lowest BCUT2D eigenvalue weighted by Crippen LogP contribution is -2.43. The molecule has 0 bridgehead atoms. The number of thiazole rings is 1. The maximum absolute atomic E-state index is 13.0. The highest BCUT2D eigenvalue weighted by atomic mass is 32.2. The van der Waals surface area contributed by atoms with Crippen molar-refractivity contribution in [3.05, 3.63) is 81.3 Å². The van der Waals surface area contributed by atoms with Gasteiger partial charge in [0, 0.05) is 63.0 Å². The normalized spacial score (nSPS) is 19.4. The summed E-state index contributed by atoms with van der Waals surface area (Å²) in [6.45, 7) is 13.9. The van der Waals surface area contributed by atoms with Gasteiger partial charge in [0.1, 0.15) is 11.0 Å². The molecule has 2 heterocycles. The zero-order valence-corrected chi connectivity index (χ0v) is 23.7. The Bertz CT molecular complexity index is 1220. The lowest BCUT2D eigenvalue weighted by Gasteiger charge is -2.27. The highest BCUT2D eigenvalue weighted by Crippen LogP contribution is 2.24. The first kappa shape index (κ1) is 26.8. The third-order valence-corrected chi connectivity index (χ3v) is 8.85. The molecule has 0 spiro atoms. The first-order valence-corrected chi connectivity index (χ1v) is 14.7. The number of hydrogen-bond acceptors (Lipinski definition) is 5. The molecule has 1 aliphatic heterocycles. The monoisotopic (exact) mass is 525 g/mol. The molecule has 194 valence electrons. The van der Waals surface area contributed by atoms with Crippen LogP contribution in [0.2, 0.25) is 0 Å². The molecular formula is C28H39N5OS2. The molecular weight excluding hydrogens is 486 g/mol. The summed E-state index contributed by atoms with van der Waals surface area (Å²) in [6.07, 6.45) is 8.87. The summed E-state index contributed by atoms with van der Waals surface area (Å²) in [7, 11) is 0.798. The molecule has 8 heteroatoms. The third-order valence-electron chi connectivity index (χ3n) is 6.73. The van der Waals surface area contributed by atoms with Gasteiger partial charge in [-0.05, 0) is 41.7 Å². The highest BCUT2D eigenvalue weighted by molar-refractivity contribution is 7.83. The van der Waals surface area contributed by atoms with Gasteiger partial charge in [0.15, 0.2) is 4.80 Å². The largest absolute Gasteiger partial charge is 0.323 e. The highest BCUT2D eigenvalue weighted by Gasteiger charge is 2.17. The first-order valence-electron chi connectivity index (χ1n) is 12.7. The Balaban J connectivity index is 1.41. The molecule has 1 aromatic carbocycles. The average Bonchev–Trinajstić information content (AvgIpc) is 3.05. The van der Waals surface area contributed by atoms with Gasteiger partial charge in [0.2, 0.25) is 0 Å². The second-order valence-corrected chi connectivity index (χ2v) is 12.6. The van der Waals surface area contributed by atoms with Gasteiger partial charge in [-0.2, -0.15) is 0 Å². The van der Waals surface area contributed by atoms with E-state index in [0.29, 0.717) is 6.42 Å². The summed E-state index contributed by atoms with van der Waals surface area (Å²) in [4.78, 5) is 9.36. The van der Waals surface area contributed by atoms with E-state index in [9.17, 15) is 4.21 Å². The maximum Gasteiger partial charge on any atom is 0.185 e. The van der Waals surface area contributed by atoms with E-state index in [1.807, 2.05) is 30.4 Å². The first-order chi connectivity index (χ1) is 17.2. The van der Waals surface area contributed by atoms with Gasteiger partial charge in [-0.15, -0.1) is 11.3 Å². The van der Waals surface area contributed by atoms with Crippen molar-refractivity contribution in [2.24, 2.45) is 12.0 Å². The van der Waals surface area contributed by atoms with E-state index in [2.05, 4.69) is 77.8 Å². The summed E-state index contributed by atoms with van der Waals surface area (Å²) < 4.78 is 18.5. The van der Waals surface area contributed by atoms with Crippen molar-refractivity contribution in [1.29, 1.82) is 0 Å². The minimum Gasteiger partial charge on any atom is -0.323 e. The van der Waals surface area contributed by atoms with Crippen molar-refractivity contribution >= 4 is 22.3 Å². The minimum absolute atomic E-state index is 0.0225. The predicted octanol–water partition coefficient (Wildman–Crippen LogP) is 4.16. The standard InChI is InChI=1S/C28H39N5OS2/c1-21(30-27-32(5)25(20-35-27)19-33-16-14-29-15-17-33)22-8-6-7-9-24(18-22)31-36(34)26-12-10-23(11-13-26)28(2,3)4/h6-13,20-21,29,31H,14-19H2,1-5H3. The van der Waals surface area contributed by atoms with Crippen LogP contribution in [0.15, 0.2) is 75.1 Å². The van der Waals surface area contributed by atoms with E-state index in [1.165, 1.54) is 16.8 Å². The Kier molecular flexibility index (Phi) is 8.83. The van der Waals surface area contributed by atoms with Crippen LogP contribution in [0.4, 0.5) is 0 Å². The molecule has 6 nitrogen and oxygen atoms in total. The summed E-state index contributed by atoms with van der Waals surface area (Å²) >= 11 is 1.70. The van der Waals surface area contributed by atoms with Crippen LogP contribution in [-0.4, -0.2) is 45.9 Å². The second-order valence-electron chi connectivity index (χ2n) is 10.5. The topological polar surface area (TPSA) is 61.7 Å². The molecule has 1 aromatic heterocycles. The molecule has 2 unspecified atom stereocenters. The molecule has 4 rings (SSSR count). The van der Waals surface area contributed by atoms with Gasteiger partial charge in [0.25, 0.3) is 0 Å². The Morgan fingerprint density at radius 2 is 1.83 bits per heavy atom. The Morgan fingerprint density at radius 3 is 2.53 bits per heavy atom. The smallest absolute Gasteiger partial charge is 0.185 e. The Hall–Kier alpha value is -2.26. The van der Waals surface area contributed by atoms with E-state index < -0.39 is 11.0 Å². The predicted molar refractivity (Wildman–Crippen MR) is 151 cm³/mol. The molecule has 2 aliphatic rings. The number of nitrogens with one attached hydrogen (secondary N) is 2. The van der Waals surface area contributed by atoms with Crippen molar-refractivity contribution in [3.8, 4) is 0 Å². The van der Waals surface area contributed by atoms with Crippen molar-refractivity contribution in [1.82, 2.24) is 19.5 Å². The van der Waals surface area contributed by atoms with Crippen LogP contribution in [-0.2, 0) is 30.0 Å². The SMILES string of the molecule is CC(N=c1scc(CN2CCNCC2)n1C)C1=CC=CC=C(NS(=O)c2ccc(C(C)(C)C)cc2)C1. The lowest BCUT2D eigenvalue weighted by molar-refractivity contribution is 0.228. The van der Waals surface area contributed by atoms with E-state index >= 15 is 0 Å². The van der Waals surface area contributed by atoms with E-state index in [1.54, 1.807) is 11.3 Å². The molecule has 0 amide bonds. The summed E-state index contributed by atoms with van der Waals surface area (Å²) in [6, 6.07) is 8.08. The van der Waals surface area contributed by atoms with Gasteiger partial charge in [-0.1, -0.05) is 51.1 Å². The number of aromatic nitrogens is 1. The summed E-state index contributed by atoms with van der Waals surface area (Å²) in [5.41, 5.74) is 4.74. The molecule has 1 aliphatic carbocycles. The van der Waals surface area contributed by atoms with Gasteiger partial charge in [-0.3, -0.25) is 9.89 Å². The van der Waals surface area contributed by atoms with Gasteiger partial charge < -0.3 is 14.6 Å². The van der Waals surface area contributed by atoms with E-state index in [4.69, 9.17) is 4.99 Å². The number of allylic oxidation sites excluding steroid dienone is 5. The second kappa shape index (κ2) is 11.9. The van der Waals surface area contributed by atoms with Crippen molar-refractivity contribution in [2.45, 2.75) is 57.0 Å². The van der Waals surface area contributed by atoms with Crippen LogP contribution in [0, 0.1) is 0 Å². The number of benzene rings is 1. The van der Waals surface area contributed by atoms with E-state index in [0.717, 1.165) is 48.1 Å². The quantitative estimate of drug-likeness (QED) is 0.571. The van der Waals surface area contributed by atoms with Crippen LogP contribution in [0.3, 0.4) is 0 Å². The zero-order chi connectivity index (χ0) is 25.7. The minimum atomic E-state index is -1.32. The zero-order valence-electron chi connectivity index (χ0n) is 22.1. The molecule has 0 saturated carbocycles. The molecule has 0 radical (unpaired) electrons. The summed E-state index contributed by atoms with van der Waals surface area (Å²) in [5, 5.41) is 5.65. The number of piperazine rings is 1. The molecule has 1 fully saturated rings. The van der Waals surface area contributed by atoms with E-state index in [-0.39, 0.29) is 11.5 Å². The van der Waals surface area contributed by atoms with Gasteiger partial charge >= 0.3 is 0 Å².